The molecule has 9 rings (SSSR count). The minimum absolute atomic E-state index is 0.00525. The molecule has 0 radical (unpaired) electrons. The first-order valence-corrected chi connectivity index (χ1v) is 31.7. The predicted octanol–water partition coefficient (Wildman–Crippen LogP) is 25.6. The van der Waals surface area contributed by atoms with Crippen molar-refractivity contribution in [2.75, 3.05) is 0 Å². The van der Waals surface area contributed by atoms with Crippen molar-refractivity contribution < 1.29 is 131 Å². The molecule has 0 spiro atoms. The van der Waals surface area contributed by atoms with Gasteiger partial charge in [-0.15, -0.1) is 0 Å². The maximum Gasteiger partial charge on any atom is 0.501 e. The molecule has 0 N–H and O–H groups in total. The summed E-state index contributed by atoms with van der Waals surface area (Å²) in [4.78, 5) is -1.40. The minimum Gasteiger partial charge on any atom is -0.214 e. The van der Waals surface area contributed by atoms with E-state index in [1.54, 1.807) is 55.4 Å². The maximum absolute atomic E-state index is 14.0. The number of hydrogen-bond donors (Lipinski definition) is 0. The van der Waals surface area contributed by atoms with Crippen LogP contribution in [-0.4, -0.2) is 32.2 Å². The van der Waals surface area contributed by atoms with E-state index in [1.807, 2.05) is 0 Å². The van der Waals surface area contributed by atoms with Crippen LogP contribution in [-0.2, 0) is 52.1 Å². The Kier molecular flexibility index (Phi) is 24.1. The van der Waals surface area contributed by atoms with E-state index in [-0.39, 0.29) is 71.3 Å². The number of alkyl halides is 28. The third-order valence-corrected chi connectivity index (χ3v) is 18.5. The fourth-order valence-corrected chi connectivity index (χ4v) is 11.2. The molecule has 4 saturated carbocycles. The van der Waals surface area contributed by atoms with E-state index >= 15 is 0 Å². The van der Waals surface area contributed by atoms with E-state index in [2.05, 4.69) is 0 Å². The quantitative estimate of drug-likeness (QED) is 0.124. The van der Waals surface area contributed by atoms with Gasteiger partial charge in [0.15, 0.2) is 0 Å². The highest BCUT2D eigenvalue weighted by molar-refractivity contribution is 7.92. The van der Waals surface area contributed by atoms with Crippen molar-refractivity contribution >= 4 is 9.84 Å². The first kappa shape index (κ1) is 82.8. The molecule has 0 aliphatic heterocycles. The molecule has 0 aromatic heterocycles. The van der Waals surface area contributed by atoms with Crippen LogP contribution in [0, 0.1) is 17.8 Å². The Morgan fingerprint density at radius 3 is 1.04 bits per heavy atom. The fraction of sp³-hybridized carbons (Fsp3) is 0.552. The Morgan fingerprint density at radius 2 is 0.714 bits per heavy atom. The van der Waals surface area contributed by atoms with Crippen LogP contribution in [0.2, 0.25) is 0 Å². The van der Waals surface area contributed by atoms with Crippen molar-refractivity contribution in [3.8, 4) is 0 Å². The third-order valence-electron chi connectivity index (χ3n) is 17.0. The standard InChI is InChI=1S/C15H16F6.C14H14F6.C14H15F5.C13H13F5.C11H10F6O2S/c1-8(2)9-4-10(6-11(5-9)14(16,17)18)13(3)7-12(13)15(19,20)21;1-7(2)8-3-9(5-10(4-8)13(15,16)17)11-6-12(11)14(18,19)20;1-8(2)9-5-11(13(15,16)10-3-4-10)7-12(6-9)14(17,18)19;1-7(2)8-3-9(11-6-12(11,14)15)5-10(4-8)13(16,17)18;1-6(2)7-3-8(10(12,13)14)5-9(4-7)20(18,19)11(15,16)17/h4-6,8,12H,7H2,1-3H3;3-5,7,11-12H,6H2,1-2H3;5-8,10H,3-4H2,1-2H3;3-5,7,11H,6H2,1-2H3;3-6H,1-2H3. The van der Waals surface area contributed by atoms with Gasteiger partial charge < -0.3 is 0 Å². The molecular weight excluding hydrogens is 1400 g/mol. The number of halogens is 28. The summed E-state index contributed by atoms with van der Waals surface area (Å²) in [5, 5.41) is 0. The van der Waals surface area contributed by atoms with Crippen LogP contribution in [0.4, 0.5) is 123 Å². The molecule has 5 atom stereocenters. The summed E-state index contributed by atoms with van der Waals surface area (Å²) in [5.74, 6) is -13.0. The molecule has 4 aliphatic rings. The van der Waals surface area contributed by atoms with Crippen LogP contribution in [0.25, 0.3) is 0 Å². The summed E-state index contributed by atoms with van der Waals surface area (Å²) in [6.45, 7) is 18.0. The lowest BCUT2D eigenvalue weighted by Crippen LogP contribution is -2.24. The molecule has 0 heterocycles. The second-order valence-corrected chi connectivity index (χ2v) is 28.5. The monoisotopic (exact) mass is 1470 g/mol. The van der Waals surface area contributed by atoms with E-state index in [0.717, 1.165) is 42.5 Å². The summed E-state index contributed by atoms with van der Waals surface area (Å²) in [5.41, 5.74) is -10.6. The molecule has 0 bridgehead atoms. The summed E-state index contributed by atoms with van der Waals surface area (Å²) < 4.78 is 381. The molecule has 0 saturated heterocycles. The number of sulfone groups is 1. The van der Waals surface area contributed by atoms with Gasteiger partial charge in [0.05, 0.1) is 50.5 Å². The zero-order valence-electron chi connectivity index (χ0n) is 53.8. The largest absolute Gasteiger partial charge is 0.501 e. The normalized spacial score (nSPS) is 20.6. The van der Waals surface area contributed by atoms with Crippen molar-refractivity contribution in [2.24, 2.45) is 17.8 Å². The fourth-order valence-electron chi connectivity index (χ4n) is 10.3. The smallest absolute Gasteiger partial charge is 0.214 e. The van der Waals surface area contributed by atoms with Gasteiger partial charge in [-0.05, 0) is 178 Å². The second-order valence-electron chi connectivity index (χ2n) is 26.6. The number of benzene rings is 5. The SMILES string of the molecule is CC(C)c1cc(C(F)(F)F)cc(C(F)(F)C2CC2)c1.CC(C)c1cc(C(F)(F)F)cc(C2(C)CC2C(F)(F)F)c1.CC(C)c1cc(C(F)(F)F)cc(S(=O)(=O)C(F)(F)F)c1.CC(C)c1cc(C2CC2(F)F)cc(C(F)(F)F)c1.CC(C)c1cc(C2CC2C(F)(F)F)cc(C(F)(F)F)c1. The highest BCUT2D eigenvalue weighted by Crippen LogP contribution is 2.62. The van der Waals surface area contributed by atoms with Crippen molar-refractivity contribution in [1.82, 2.24) is 0 Å². The van der Waals surface area contributed by atoms with Gasteiger partial charge in [0.2, 0.25) is 0 Å². The Morgan fingerprint density at radius 1 is 0.388 bits per heavy atom. The van der Waals surface area contributed by atoms with Crippen LogP contribution in [0.15, 0.2) is 95.9 Å². The first-order valence-electron chi connectivity index (χ1n) is 30.2. The average molecular weight is 1470 g/mol. The van der Waals surface area contributed by atoms with E-state index in [4.69, 9.17) is 0 Å². The van der Waals surface area contributed by atoms with Crippen molar-refractivity contribution in [1.29, 1.82) is 0 Å². The van der Waals surface area contributed by atoms with Crippen molar-refractivity contribution in [3.63, 3.8) is 0 Å². The minimum atomic E-state index is -5.82. The van der Waals surface area contributed by atoms with Gasteiger partial charge in [-0.25, -0.2) is 26.0 Å². The van der Waals surface area contributed by atoms with Crippen LogP contribution in [0.5, 0.6) is 0 Å². The van der Waals surface area contributed by atoms with Crippen molar-refractivity contribution in [3.05, 3.63) is 169 Å². The molecule has 0 amide bonds. The van der Waals surface area contributed by atoms with Gasteiger partial charge in [-0.2, -0.15) is 105 Å². The van der Waals surface area contributed by atoms with Gasteiger partial charge in [-0.1, -0.05) is 94.4 Å². The molecule has 98 heavy (non-hydrogen) atoms. The van der Waals surface area contributed by atoms with E-state index in [1.165, 1.54) is 45.0 Å². The Labute approximate surface area is 546 Å². The zero-order valence-corrected chi connectivity index (χ0v) is 54.6. The number of hydrogen-bond acceptors (Lipinski definition) is 2. The Balaban J connectivity index is 0.000000221. The van der Waals surface area contributed by atoms with Crippen LogP contribution in [0.3, 0.4) is 0 Å². The molecule has 4 fully saturated rings. The molecule has 31 heteroatoms. The highest BCUT2D eigenvalue weighted by Gasteiger charge is 2.65. The molecular formula is C67H68F28O2S. The molecule has 5 aromatic rings. The summed E-state index contributed by atoms with van der Waals surface area (Å²) in [6.07, 6.45) is -31.7. The average Bonchev–Trinajstić information content (AvgIpc) is 1.56. The van der Waals surface area contributed by atoms with Gasteiger partial charge in [0.25, 0.3) is 21.7 Å². The van der Waals surface area contributed by atoms with Crippen molar-refractivity contribution in [2.45, 2.75) is 221 Å². The molecule has 4 aliphatic carbocycles. The summed E-state index contributed by atoms with van der Waals surface area (Å²) in [6, 6.07) is 14.0. The third kappa shape index (κ3) is 21.1. The second kappa shape index (κ2) is 28.5. The molecule has 5 unspecified atom stereocenters. The summed E-state index contributed by atoms with van der Waals surface area (Å²) >= 11 is 0. The predicted molar refractivity (Wildman–Crippen MR) is 308 cm³/mol. The van der Waals surface area contributed by atoms with Gasteiger partial charge in [0, 0.05) is 23.3 Å². The topological polar surface area (TPSA) is 34.1 Å². The Bertz CT molecular complexity index is 3680. The Hall–Kier alpha value is -5.91. The lowest BCUT2D eigenvalue weighted by atomic mass is 9.89. The van der Waals surface area contributed by atoms with E-state index < -0.39 is 150 Å². The number of rotatable bonds is 11. The zero-order chi connectivity index (χ0) is 75.6. The maximum atomic E-state index is 14.0. The van der Waals surface area contributed by atoms with Gasteiger partial charge in [0.1, 0.15) is 0 Å². The first-order chi connectivity index (χ1) is 43.8. The van der Waals surface area contributed by atoms with Gasteiger partial charge in [-0.3, -0.25) is 0 Å². The van der Waals surface area contributed by atoms with E-state index in [0.29, 0.717) is 53.3 Å². The molecule has 5 aromatic carbocycles. The molecule has 550 valence electrons. The van der Waals surface area contributed by atoms with Crippen LogP contribution in [0.1, 0.15) is 228 Å². The van der Waals surface area contributed by atoms with Gasteiger partial charge >= 0.3 is 48.7 Å². The lowest BCUT2D eigenvalue weighted by molar-refractivity contribution is -0.152. The van der Waals surface area contributed by atoms with Crippen LogP contribution < -0.4 is 0 Å². The van der Waals surface area contributed by atoms with Crippen LogP contribution >= 0.6 is 0 Å². The molecule has 2 nitrogen and oxygen atoms in total. The highest BCUT2D eigenvalue weighted by atomic mass is 32.2. The lowest BCUT2D eigenvalue weighted by Gasteiger charge is -2.20. The van der Waals surface area contributed by atoms with E-state index in [9.17, 15) is 131 Å². The summed E-state index contributed by atoms with van der Waals surface area (Å²) in [7, 11) is -5.82.